The molecule has 104 valence electrons. The Morgan fingerprint density at radius 1 is 1.39 bits per heavy atom. The number of amides is 1. The van der Waals surface area contributed by atoms with Crippen LogP contribution in [-0.4, -0.2) is 41.6 Å². The van der Waals surface area contributed by atoms with Crippen molar-refractivity contribution in [2.75, 3.05) is 6.54 Å². The maximum absolute atomic E-state index is 11.6. The van der Waals surface area contributed by atoms with Crippen LogP contribution in [-0.2, 0) is 19.1 Å². The fourth-order valence-electron chi connectivity index (χ4n) is 1.16. The van der Waals surface area contributed by atoms with E-state index < -0.39 is 24.1 Å². The first-order chi connectivity index (χ1) is 8.42. The Hall–Kier alpha value is -1.63. The Morgan fingerprint density at radius 3 is 2.44 bits per heavy atom. The lowest BCUT2D eigenvalue weighted by Crippen LogP contribution is -2.43. The molecule has 18 heavy (non-hydrogen) atoms. The Labute approximate surface area is 106 Å². The molecule has 0 aliphatic heterocycles. The fourth-order valence-corrected chi connectivity index (χ4v) is 1.16. The summed E-state index contributed by atoms with van der Waals surface area (Å²) >= 11 is 0. The highest BCUT2D eigenvalue weighted by Gasteiger charge is 2.24. The quantitative estimate of drug-likeness (QED) is 0.513. The van der Waals surface area contributed by atoms with Crippen molar-refractivity contribution in [1.82, 2.24) is 5.32 Å². The molecule has 4 N–H and O–H groups in total. The standard InChI is InChI=1S/C11H20N2O5/c1-3-8(13-9(14)5-4-6-12)11(17)18-7(2)10(15)16/h7-8H,3-6,12H2,1-2H3,(H,13,14)(H,15,16)/t7-,8-/m0/s1. The Bertz CT molecular complexity index is 306. The molecule has 0 fully saturated rings. The summed E-state index contributed by atoms with van der Waals surface area (Å²) < 4.78 is 4.69. The minimum atomic E-state index is -1.23. The number of esters is 1. The number of hydrogen-bond acceptors (Lipinski definition) is 5. The number of carbonyl (C=O) groups excluding carboxylic acids is 2. The molecule has 0 unspecified atom stereocenters. The second kappa shape index (κ2) is 8.46. The molecule has 0 rings (SSSR count). The van der Waals surface area contributed by atoms with Crippen LogP contribution in [0.1, 0.15) is 33.1 Å². The minimum Gasteiger partial charge on any atom is -0.479 e. The molecule has 0 aromatic heterocycles. The van der Waals surface area contributed by atoms with Gasteiger partial charge in [0, 0.05) is 6.42 Å². The van der Waals surface area contributed by atoms with Gasteiger partial charge in [-0.05, 0) is 26.3 Å². The largest absolute Gasteiger partial charge is 0.479 e. The third-order valence-corrected chi connectivity index (χ3v) is 2.28. The fraction of sp³-hybridized carbons (Fsp3) is 0.727. The van der Waals surface area contributed by atoms with Crippen LogP contribution in [0.4, 0.5) is 0 Å². The van der Waals surface area contributed by atoms with E-state index in [-0.39, 0.29) is 12.3 Å². The van der Waals surface area contributed by atoms with Crippen LogP contribution in [0.2, 0.25) is 0 Å². The van der Waals surface area contributed by atoms with Gasteiger partial charge in [-0.2, -0.15) is 0 Å². The van der Waals surface area contributed by atoms with Gasteiger partial charge in [0.05, 0.1) is 0 Å². The van der Waals surface area contributed by atoms with Gasteiger partial charge in [0.25, 0.3) is 0 Å². The smallest absolute Gasteiger partial charge is 0.344 e. The zero-order chi connectivity index (χ0) is 14.1. The van der Waals surface area contributed by atoms with Crippen molar-refractivity contribution in [3.8, 4) is 0 Å². The number of aliphatic carboxylic acids is 1. The van der Waals surface area contributed by atoms with E-state index in [1.54, 1.807) is 6.92 Å². The molecule has 0 aliphatic carbocycles. The highest BCUT2D eigenvalue weighted by Crippen LogP contribution is 2.01. The molecular weight excluding hydrogens is 240 g/mol. The summed E-state index contributed by atoms with van der Waals surface area (Å²) in [5, 5.41) is 11.1. The van der Waals surface area contributed by atoms with Gasteiger partial charge in [0.15, 0.2) is 6.10 Å². The van der Waals surface area contributed by atoms with Crippen LogP contribution in [0.25, 0.3) is 0 Å². The van der Waals surface area contributed by atoms with Crippen molar-refractivity contribution in [3.63, 3.8) is 0 Å². The van der Waals surface area contributed by atoms with Crippen molar-refractivity contribution in [2.45, 2.75) is 45.3 Å². The van der Waals surface area contributed by atoms with Gasteiger partial charge in [-0.15, -0.1) is 0 Å². The third kappa shape index (κ3) is 6.19. The van der Waals surface area contributed by atoms with E-state index in [1.165, 1.54) is 6.92 Å². The van der Waals surface area contributed by atoms with E-state index in [4.69, 9.17) is 15.6 Å². The summed E-state index contributed by atoms with van der Waals surface area (Å²) in [5.41, 5.74) is 5.26. The summed E-state index contributed by atoms with van der Waals surface area (Å²) in [6, 6.07) is -0.822. The van der Waals surface area contributed by atoms with E-state index in [1.807, 2.05) is 0 Å². The third-order valence-electron chi connectivity index (χ3n) is 2.28. The summed E-state index contributed by atoms with van der Waals surface area (Å²) in [4.78, 5) is 33.5. The zero-order valence-corrected chi connectivity index (χ0v) is 10.6. The summed E-state index contributed by atoms with van der Waals surface area (Å²) in [5.74, 6) is -2.27. The number of rotatable bonds is 8. The Kier molecular flexibility index (Phi) is 7.69. The zero-order valence-electron chi connectivity index (χ0n) is 10.6. The lowest BCUT2D eigenvalue weighted by Gasteiger charge is -2.17. The average Bonchev–Trinajstić information content (AvgIpc) is 2.32. The van der Waals surface area contributed by atoms with Gasteiger partial charge in [0.1, 0.15) is 6.04 Å². The van der Waals surface area contributed by atoms with Crippen LogP contribution >= 0.6 is 0 Å². The first kappa shape index (κ1) is 16.4. The molecule has 0 saturated carbocycles. The molecule has 2 atom stereocenters. The number of ether oxygens (including phenoxy) is 1. The predicted octanol–water partition coefficient (Wildman–Crippen LogP) is -0.364. The van der Waals surface area contributed by atoms with E-state index in [0.29, 0.717) is 19.4 Å². The van der Waals surface area contributed by atoms with Gasteiger partial charge in [-0.1, -0.05) is 6.92 Å². The van der Waals surface area contributed by atoms with Gasteiger partial charge in [-0.3, -0.25) is 4.79 Å². The van der Waals surface area contributed by atoms with Crippen molar-refractivity contribution >= 4 is 17.8 Å². The first-order valence-electron chi connectivity index (χ1n) is 5.85. The SMILES string of the molecule is CC[C@H](NC(=O)CCCN)C(=O)O[C@@H](C)C(=O)O. The molecule has 0 aromatic rings. The lowest BCUT2D eigenvalue weighted by molar-refractivity contribution is -0.164. The molecule has 0 heterocycles. The summed E-state index contributed by atoms with van der Waals surface area (Å²) in [7, 11) is 0. The first-order valence-corrected chi connectivity index (χ1v) is 5.85. The number of nitrogens with one attached hydrogen (secondary N) is 1. The van der Waals surface area contributed by atoms with E-state index in [0.717, 1.165) is 0 Å². The van der Waals surface area contributed by atoms with Crippen LogP contribution in [0.5, 0.6) is 0 Å². The summed E-state index contributed by atoms with van der Waals surface area (Å²) in [6.07, 6.45) is -0.135. The van der Waals surface area contributed by atoms with Crippen molar-refractivity contribution in [2.24, 2.45) is 5.73 Å². The number of carboxylic acids is 1. The van der Waals surface area contributed by atoms with Gasteiger partial charge in [0.2, 0.25) is 5.91 Å². The van der Waals surface area contributed by atoms with Crippen molar-refractivity contribution in [1.29, 1.82) is 0 Å². The van der Waals surface area contributed by atoms with Crippen LogP contribution in [0, 0.1) is 0 Å². The molecule has 0 bridgehead atoms. The molecule has 0 aromatic carbocycles. The van der Waals surface area contributed by atoms with Crippen LogP contribution in [0.15, 0.2) is 0 Å². The number of carbonyl (C=O) groups is 3. The van der Waals surface area contributed by atoms with E-state index in [9.17, 15) is 14.4 Å². The normalized spacial score (nSPS) is 13.5. The highest BCUT2D eigenvalue weighted by molar-refractivity contribution is 5.85. The average molecular weight is 260 g/mol. The van der Waals surface area contributed by atoms with Crippen LogP contribution in [0.3, 0.4) is 0 Å². The Morgan fingerprint density at radius 2 is 2.00 bits per heavy atom. The number of carboxylic acid groups (broad SMARTS) is 1. The molecule has 1 amide bonds. The molecule has 7 heteroatoms. The topological polar surface area (TPSA) is 119 Å². The van der Waals surface area contributed by atoms with Gasteiger partial charge < -0.3 is 20.9 Å². The Balaban J connectivity index is 4.27. The summed E-state index contributed by atoms with van der Waals surface area (Å²) in [6.45, 7) is 3.34. The highest BCUT2D eigenvalue weighted by atomic mass is 16.6. The molecular formula is C11H20N2O5. The molecule has 0 radical (unpaired) electrons. The second-order valence-electron chi connectivity index (χ2n) is 3.84. The van der Waals surface area contributed by atoms with Gasteiger partial charge >= 0.3 is 11.9 Å². The van der Waals surface area contributed by atoms with E-state index >= 15 is 0 Å². The lowest BCUT2D eigenvalue weighted by atomic mass is 10.2. The molecule has 7 nitrogen and oxygen atoms in total. The molecule has 0 saturated heterocycles. The predicted molar refractivity (Wildman–Crippen MR) is 63.7 cm³/mol. The van der Waals surface area contributed by atoms with Crippen molar-refractivity contribution < 1.29 is 24.2 Å². The maximum atomic E-state index is 11.6. The molecule has 0 aliphatic rings. The van der Waals surface area contributed by atoms with Crippen molar-refractivity contribution in [3.05, 3.63) is 0 Å². The number of nitrogens with two attached hydrogens (primary N) is 1. The minimum absolute atomic E-state index is 0.231. The monoisotopic (exact) mass is 260 g/mol. The van der Waals surface area contributed by atoms with E-state index in [2.05, 4.69) is 5.32 Å². The molecule has 0 spiro atoms. The number of hydrogen-bond donors (Lipinski definition) is 3. The van der Waals surface area contributed by atoms with Crippen LogP contribution < -0.4 is 11.1 Å². The van der Waals surface area contributed by atoms with Gasteiger partial charge in [-0.25, -0.2) is 9.59 Å². The maximum Gasteiger partial charge on any atom is 0.344 e. The second-order valence-corrected chi connectivity index (χ2v) is 3.84.